The molecule has 3 rings (SSSR count). The molecule has 117 valence electrons. The predicted octanol–water partition coefficient (Wildman–Crippen LogP) is 4.37. The summed E-state index contributed by atoms with van der Waals surface area (Å²) in [5.74, 6) is 1.12. The van der Waals surface area contributed by atoms with E-state index >= 15 is 0 Å². The Morgan fingerprint density at radius 1 is 1.27 bits per heavy atom. The number of hydrogen-bond donors (Lipinski definition) is 0. The number of hydrogen-bond acceptors (Lipinski definition) is 1. The average molecular weight is 295 g/mol. The molecule has 1 atom stereocenters. The summed E-state index contributed by atoms with van der Waals surface area (Å²) in [6.07, 6.45) is 8.39. The van der Waals surface area contributed by atoms with E-state index in [4.69, 9.17) is 0 Å². The lowest BCUT2D eigenvalue weighted by atomic mass is 9.69. The van der Waals surface area contributed by atoms with Crippen molar-refractivity contribution in [1.82, 2.24) is 0 Å². The molecule has 0 spiro atoms. The molecule has 1 aromatic carbocycles. The van der Waals surface area contributed by atoms with Gasteiger partial charge in [-0.1, -0.05) is 82.9 Å². The Morgan fingerprint density at radius 2 is 2.00 bits per heavy atom. The van der Waals surface area contributed by atoms with Gasteiger partial charge in [0, 0.05) is 12.3 Å². The second-order valence-corrected chi connectivity index (χ2v) is 8.03. The van der Waals surface area contributed by atoms with Crippen LogP contribution >= 0.6 is 0 Å². The summed E-state index contributed by atoms with van der Waals surface area (Å²) in [7, 11) is 2.33. The molecule has 1 nitrogen and oxygen atoms in total. The maximum Gasteiger partial charge on any atom is 0.152 e. The van der Waals surface area contributed by atoms with Crippen LogP contribution in [0.4, 0.5) is 0 Å². The first-order valence-electron chi connectivity index (χ1n) is 8.98. The molecule has 0 N–H and O–H groups in total. The molecular formula is C20H28BO. The van der Waals surface area contributed by atoms with Crippen molar-refractivity contribution in [2.24, 2.45) is 5.92 Å². The summed E-state index contributed by atoms with van der Waals surface area (Å²) in [5, 5.41) is 0. The summed E-state index contributed by atoms with van der Waals surface area (Å²) in [4.78, 5) is 12.7. The van der Waals surface area contributed by atoms with Crippen molar-refractivity contribution in [2.75, 3.05) is 0 Å². The molecule has 0 aromatic heterocycles. The Bertz CT molecular complexity index is 555. The topological polar surface area (TPSA) is 17.1 Å². The smallest absolute Gasteiger partial charge is 0.152 e. The fraction of sp³-hybridized carbons (Fsp3) is 0.650. The zero-order valence-electron chi connectivity index (χ0n) is 14.3. The van der Waals surface area contributed by atoms with Crippen LogP contribution in [0.15, 0.2) is 18.2 Å². The standard InChI is InChI=1S/C20H28BO/c1-14(19(22)11-15-7-5-4-6-8-15)16-9-10-18-17(12-16)20(2,3)13-21-18/h9-10,12,14-15H,4-8,11,13H2,1-3H3. The molecule has 0 amide bonds. The van der Waals surface area contributed by atoms with Crippen LogP contribution in [0.25, 0.3) is 0 Å². The van der Waals surface area contributed by atoms with Crippen LogP contribution in [-0.2, 0) is 10.2 Å². The lowest BCUT2D eigenvalue weighted by Crippen LogP contribution is -2.19. The molecule has 1 saturated carbocycles. The number of carbonyl (C=O) groups excluding carboxylic acids is 1. The highest BCUT2D eigenvalue weighted by atomic mass is 16.1. The Labute approximate surface area is 136 Å². The summed E-state index contributed by atoms with van der Waals surface area (Å²) in [5.41, 5.74) is 4.21. The minimum atomic E-state index is 0.0450. The molecule has 1 aromatic rings. The van der Waals surface area contributed by atoms with Crippen molar-refractivity contribution in [3.8, 4) is 0 Å². The van der Waals surface area contributed by atoms with Gasteiger partial charge < -0.3 is 0 Å². The number of carbonyl (C=O) groups is 1. The molecule has 0 bridgehead atoms. The van der Waals surface area contributed by atoms with Crippen molar-refractivity contribution < 1.29 is 4.79 Å². The molecule has 1 aliphatic heterocycles. The third-order valence-corrected chi connectivity index (χ3v) is 5.84. The minimum Gasteiger partial charge on any atom is -0.299 e. The Balaban J connectivity index is 1.72. The first kappa shape index (κ1) is 15.8. The summed E-state index contributed by atoms with van der Waals surface area (Å²) in [6, 6.07) is 6.67. The molecular weight excluding hydrogens is 267 g/mol. The highest BCUT2D eigenvalue weighted by Crippen LogP contribution is 2.34. The summed E-state index contributed by atoms with van der Waals surface area (Å²) < 4.78 is 0. The highest BCUT2D eigenvalue weighted by molar-refractivity contribution is 6.56. The number of Topliss-reactive ketones (excluding diaryl/α,β-unsaturated/α-hetero) is 1. The Hall–Kier alpha value is -1.05. The van der Waals surface area contributed by atoms with Crippen LogP contribution < -0.4 is 5.46 Å². The van der Waals surface area contributed by atoms with Crippen LogP contribution in [-0.4, -0.2) is 13.1 Å². The Morgan fingerprint density at radius 3 is 2.73 bits per heavy atom. The summed E-state index contributed by atoms with van der Waals surface area (Å²) >= 11 is 0. The fourth-order valence-corrected chi connectivity index (χ4v) is 4.12. The van der Waals surface area contributed by atoms with Crippen LogP contribution in [0.2, 0.25) is 6.32 Å². The molecule has 2 heteroatoms. The van der Waals surface area contributed by atoms with E-state index in [2.05, 4.69) is 46.2 Å². The van der Waals surface area contributed by atoms with Crippen molar-refractivity contribution in [3.63, 3.8) is 0 Å². The van der Waals surface area contributed by atoms with E-state index in [1.807, 2.05) is 0 Å². The van der Waals surface area contributed by atoms with Crippen LogP contribution in [0.1, 0.15) is 76.3 Å². The van der Waals surface area contributed by atoms with E-state index in [-0.39, 0.29) is 11.3 Å². The molecule has 22 heavy (non-hydrogen) atoms. The molecule has 1 radical (unpaired) electrons. The van der Waals surface area contributed by atoms with E-state index in [1.165, 1.54) is 48.7 Å². The SMILES string of the molecule is CC(C(=O)CC1CCCCC1)c1ccc2c(c1)C(C)(C)C[B]2. The fourth-order valence-electron chi connectivity index (χ4n) is 4.12. The van der Waals surface area contributed by atoms with Crippen molar-refractivity contribution >= 4 is 18.5 Å². The number of fused-ring (bicyclic) bond motifs is 1. The number of benzene rings is 1. The van der Waals surface area contributed by atoms with Gasteiger partial charge in [-0.3, -0.25) is 4.79 Å². The quantitative estimate of drug-likeness (QED) is 0.754. The maximum absolute atomic E-state index is 12.7. The second-order valence-electron chi connectivity index (χ2n) is 8.03. The van der Waals surface area contributed by atoms with Gasteiger partial charge in [0.05, 0.1) is 0 Å². The van der Waals surface area contributed by atoms with Gasteiger partial charge in [-0.2, -0.15) is 0 Å². The van der Waals surface area contributed by atoms with E-state index in [9.17, 15) is 4.79 Å². The van der Waals surface area contributed by atoms with Crippen molar-refractivity contribution in [3.05, 3.63) is 29.3 Å². The monoisotopic (exact) mass is 295 g/mol. The lowest BCUT2D eigenvalue weighted by Gasteiger charge is -2.24. The molecule has 2 aliphatic rings. The Kier molecular flexibility index (Phi) is 4.48. The first-order valence-corrected chi connectivity index (χ1v) is 8.98. The van der Waals surface area contributed by atoms with Crippen LogP contribution in [0.3, 0.4) is 0 Å². The number of ketones is 1. The normalized spacial score (nSPS) is 22.0. The molecule has 0 saturated heterocycles. The van der Waals surface area contributed by atoms with Gasteiger partial charge >= 0.3 is 0 Å². The van der Waals surface area contributed by atoms with E-state index in [0.717, 1.165) is 12.7 Å². The molecule has 1 heterocycles. The highest BCUT2D eigenvalue weighted by Gasteiger charge is 2.31. The third kappa shape index (κ3) is 3.16. The zero-order valence-corrected chi connectivity index (χ0v) is 14.3. The van der Waals surface area contributed by atoms with Crippen molar-refractivity contribution in [2.45, 2.75) is 76.9 Å². The van der Waals surface area contributed by atoms with Gasteiger partial charge in [0.25, 0.3) is 0 Å². The number of rotatable bonds is 4. The van der Waals surface area contributed by atoms with Gasteiger partial charge in [-0.25, -0.2) is 0 Å². The molecule has 1 aliphatic carbocycles. The maximum atomic E-state index is 12.7. The van der Waals surface area contributed by atoms with Gasteiger partial charge in [0.15, 0.2) is 7.28 Å². The molecule has 1 unspecified atom stereocenters. The van der Waals surface area contributed by atoms with Crippen LogP contribution in [0.5, 0.6) is 0 Å². The van der Waals surface area contributed by atoms with E-state index in [1.54, 1.807) is 0 Å². The summed E-state index contributed by atoms with van der Waals surface area (Å²) in [6.45, 7) is 6.69. The average Bonchev–Trinajstić information content (AvgIpc) is 2.82. The van der Waals surface area contributed by atoms with Gasteiger partial charge in [0.1, 0.15) is 5.78 Å². The largest absolute Gasteiger partial charge is 0.299 e. The van der Waals surface area contributed by atoms with E-state index < -0.39 is 0 Å². The molecule has 1 fully saturated rings. The van der Waals surface area contributed by atoms with Crippen LogP contribution in [0, 0.1) is 5.92 Å². The lowest BCUT2D eigenvalue weighted by molar-refractivity contribution is -0.121. The third-order valence-electron chi connectivity index (χ3n) is 5.84. The van der Waals surface area contributed by atoms with Crippen molar-refractivity contribution in [1.29, 1.82) is 0 Å². The second kappa shape index (κ2) is 6.22. The predicted molar refractivity (Wildman–Crippen MR) is 94.3 cm³/mol. The van der Waals surface area contributed by atoms with Gasteiger partial charge in [0.2, 0.25) is 0 Å². The van der Waals surface area contributed by atoms with Gasteiger partial charge in [-0.15, -0.1) is 0 Å². The van der Waals surface area contributed by atoms with E-state index in [0.29, 0.717) is 11.7 Å². The zero-order chi connectivity index (χ0) is 15.7. The minimum absolute atomic E-state index is 0.0450. The first-order chi connectivity index (χ1) is 10.5. The van der Waals surface area contributed by atoms with Gasteiger partial charge in [-0.05, 0) is 22.5 Å².